The average molecular weight is 293 g/mol. The zero-order valence-electron chi connectivity index (χ0n) is 11.8. The molecule has 2 aromatic carbocycles. The first kappa shape index (κ1) is 13.8. The van der Waals surface area contributed by atoms with Crippen LogP contribution < -0.4 is 4.74 Å². The molecule has 0 aliphatic rings. The molecule has 3 rings (SSSR count). The normalized spacial score (nSPS) is 10.2. The van der Waals surface area contributed by atoms with Crippen molar-refractivity contribution in [2.24, 2.45) is 0 Å². The molecule has 4 nitrogen and oxygen atoms in total. The van der Waals surface area contributed by atoms with Gasteiger partial charge >= 0.3 is 0 Å². The van der Waals surface area contributed by atoms with E-state index in [2.05, 4.69) is 10.2 Å². The molecule has 0 fully saturated rings. The molecule has 1 N–H and O–H groups in total. The lowest BCUT2D eigenvalue weighted by molar-refractivity contribution is 0.415. The molecule has 5 heteroatoms. The second kappa shape index (κ2) is 5.70. The molecular weight excluding hydrogens is 281 g/mol. The molecule has 0 aliphatic carbocycles. The Morgan fingerprint density at radius 2 is 2.00 bits per heavy atom. The second-order valence-electron chi connectivity index (χ2n) is 4.71. The van der Waals surface area contributed by atoms with Gasteiger partial charge < -0.3 is 4.74 Å². The third-order valence-electron chi connectivity index (χ3n) is 3.34. The Morgan fingerprint density at radius 1 is 1.14 bits per heavy atom. The summed E-state index contributed by atoms with van der Waals surface area (Å²) in [5, 5.41) is 15.9. The first-order valence-electron chi connectivity index (χ1n) is 6.61. The summed E-state index contributed by atoms with van der Waals surface area (Å²) in [6.07, 6.45) is 0. The van der Waals surface area contributed by atoms with Gasteiger partial charge in [-0.3, -0.25) is 5.10 Å². The van der Waals surface area contributed by atoms with Crippen molar-refractivity contribution >= 4 is 0 Å². The van der Waals surface area contributed by atoms with E-state index in [1.54, 1.807) is 19.2 Å². The molecule has 0 bridgehead atoms. The number of benzene rings is 2. The van der Waals surface area contributed by atoms with Crippen molar-refractivity contribution in [2.45, 2.75) is 0 Å². The van der Waals surface area contributed by atoms with Crippen molar-refractivity contribution in [1.29, 1.82) is 5.26 Å². The van der Waals surface area contributed by atoms with Crippen LogP contribution in [0, 0.1) is 17.1 Å². The van der Waals surface area contributed by atoms with Crippen molar-refractivity contribution in [1.82, 2.24) is 10.2 Å². The van der Waals surface area contributed by atoms with E-state index in [4.69, 9.17) is 10.00 Å². The fourth-order valence-electron chi connectivity index (χ4n) is 2.17. The highest BCUT2D eigenvalue weighted by Crippen LogP contribution is 2.27. The van der Waals surface area contributed by atoms with Gasteiger partial charge in [-0.05, 0) is 30.3 Å². The summed E-state index contributed by atoms with van der Waals surface area (Å²) >= 11 is 0. The van der Waals surface area contributed by atoms with Crippen LogP contribution in [0.5, 0.6) is 5.75 Å². The van der Waals surface area contributed by atoms with Crippen LogP contribution in [0.15, 0.2) is 48.5 Å². The minimum absolute atomic E-state index is 0.0207. The SMILES string of the molecule is COc1cccc(-c2cc(-c3ccc(C#N)c(F)c3)n[nH]2)c1. The number of aromatic nitrogens is 2. The van der Waals surface area contributed by atoms with Crippen LogP contribution in [0.1, 0.15) is 5.56 Å². The van der Waals surface area contributed by atoms with E-state index >= 15 is 0 Å². The molecule has 108 valence electrons. The number of ether oxygens (including phenoxy) is 1. The van der Waals surface area contributed by atoms with E-state index < -0.39 is 5.82 Å². The average Bonchev–Trinajstić information content (AvgIpc) is 3.05. The van der Waals surface area contributed by atoms with E-state index in [0.717, 1.165) is 17.0 Å². The first-order chi connectivity index (χ1) is 10.7. The number of methoxy groups -OCH3 is 1. The third kappa shape index (κ3) is 2.54. The predicted octanol–water partition coefficient (Wildman–Crippen LogP) is 3.76. The van der Waals surface area contributed by atoms with E-state index in [0.29, 0.717) is 11.3 Å². The quantitative estimate of drug-likeness (QED) is 0.799. The summed E-state index contributed by atoms with van der Waals surface area (Å²) in [7, 11) is 1.61. The summed E-state index contributed by atoms with van der Waals surface area (Å²) < 4.78 is 18.9. The Hall–Kier alpha value is -3.13. The van der Waals surface area contributed by atoms with Gasteiger partial charge in [0.25, 0.3) is 0 Å². The topological polar surface area (TPSA) is 61.7 Å². The van der Waals surface area contributed by atoms with Crippen molar-refractivity contribution < 1.29 is 9.13 Å². The molecule has 0 atom stereocenters. The van der Waals surface area contributed by atoms with Crippen LogP contribution >= 0.6 is 0 Å². The number of H-pyrrole nitrogens is 1. The monoisotopic (exact) mass is 293 g/mol. The maximum atomic E-state index is 13.7. The molecule has 0 unspecified atom stereocenters. The Kier molecular flexibility index (Phi) is 3.58. The van der Waals surface area contributed by atoms with Gasteiger partial charge in [0.1, 0.15) is 17.6 Å². The zero-order chi connectivity index (χ0) is 15.5. The van der Waals surface area contributed by atoms with Crippen LogP contribution in [-0.2, 0) is 0 Å². The summed E-state index contributed by atoms with van der Waals surface area (Å²) in [4.78, 5) is 0. The van der Waals surface area contributed by atoms with Crippen LogP contribution in [-0.4, -0.2) is 17.3 Å². The summed E-state index contributed by atoms with van der Waals surface area (Å²) in [6.45, 7) is 0. The van der Waals surface area contributed by atoms with Gasteiger partial charge in [-0.1, -0.05) is 18.2 Å². The van der Waals surface area contributed by atoms with Crippen molar-refractivity contribution in [3.63, 3.8) is 0 Å². The standard InChI is InChI=1S/C17H12FN3O/c1-22-14-4-2-3-11(7-14)16-9-17(21-20-16)12-5-6-13(10-19)15(18)8-12/h2-9H,1H3,(H,20,21). The van der Waals surface area contributed by atoms with Gasteiger partial charge in [0.2, 0.25) is 0 Å². The summed E-state index contributed by atoms with van der Waals surface area (Å²) in [5.41, 5.74) is 2.97. The maximum absolute atomic E-state index is 13.7. The van der Waals surface area contributed by atoms with E-state index in [-0.39, 0.29) is 5.56 Å². The van der Waals surface area contributed by atoms with Crippen molar-refractivity contribution in [2.75, 3.05) is 7.11 Å². The molecule has 0 radical (unpaired) electrons. The molecule has 22 heavy (non-hydrogen) atoms. The molecule has 0 amide bonds. The van der Waals surface area contributed by atoms with E-state index in [1.807, 2.05) is 30.3 Å². The zero-order valence-corrected chi connectivity index (χ0v) is 11.8. The van der Waals surface area contributed by atoms with Gasteiger partial charge in [-0.25, -0.2) is 4.39 Å². The Labute approximate surface area is 126 Å². The minimum Gasteiger partial charge on any atom is -0.497 e. The molecular formula is C17H12FN3O. The Balaban J connectivity index is 1.97. The van der Waals surface area contributed by atoms with Gasteiger partial charge in [0.05, 0.1) is 24.1 Å². The van der Waals surface area contributed by atoms with Crippen molar-refractivity contribution in [3.05, 3.63) is 59.9 Å². The summed E-state index contributed by atoms with van der Waals surface area (Å²) in [5.74, 6) is 0.198. The van der Waals surface area contributed by atoms with Gasteiger partial charge in [0, 0.05) is 11.1 Å². The lowest BCUT2D eigenvalue weighted by Gasteiger charge is -2.01. The fourth-order valence-corrected chi connectivity index (χ4v) is 2.17. The molecule has 0 saturated heterocycles. The van der Waals surface area contributed by atoms with Gasteiger partial charge in [-0.2, -0.15) is 10.4 Å². The maximum Gasteiger partial charge on any atom is 0.141 e. The van der Waals surface area contributed by atoms with Crippen LogP contribution in [0.4, 0.5) is 4.39 Å². The van der Waals surface area contributed by atoms with Crippen LogP contribution in [0.25, 0.3) is 22.5 Å². The summed E-state index contributed by atoms with van der Waals surface area (Å²) in [6, 6.07) is 15.6. The van der Waals surface area contributed by atoms with Crippen molar-refractivity contribution in [3.8, 4) is 34.3 Å². The number of nitriles is 1. The molecule has 0 spiro atoms. The minimum atomic E-state index is -0.550. The molecule has 0 aliphatic heterocycles. The number of halogens is 1. The first-order valence-corrected chi connectivity index (χ1v) is 6.61. The van der Waals surface area contributed by atoms with E-state index in [9.17, 15) is 4.39 Å². The fraction of sp³-hybridized carbons (Fsp3) is 0.0588. The number of aromatic amines is 1. The Bertz CT molecular complexity index is 864. The second-order valence-corrected chi connectivity index (χ2v) is 4.71. The molecule has 3 aromatic rings. The van der Waals surface area contributed by atoms with E-state index in [1.165, 1.54) is 12.1 Å². The van der Waals surface area contributed by atoms with Crippen LogP contribution in [0.3, 0.4) is 0 Å². The number of rotatable bonds is 3. The number of nitrogens with one attached hydrogen (secondary N) is 1. The molecule has 1 heterocycles. The lowest BCUT2D eigenvalue weighted by Crippen LogP contribution is -1.85. The Morgan fingerprint density at radius 3 is 2.73 bits per heavy atom. The lowest BCUT2D eigenvalue weighted by atomic mass is 10.1. The predicted molar refractivity (Wildman–Crippen MR) is 80.7 cm³/mol. The third-order valence-corrected chi connectivity index (χ3v) is 3.34. The smallest absolute Gasteiger partial charge is 0.141 e. The molecule has 1 aromatic heterocycles. The van der Waals surface area contributed by atoms with Gasteiger partial charge in [0.15, 0.2) is 0 Å². The van der Waals surface area contributed by atoms with Crippen LogP contribution in [0.2, 0.25) is 0 Å². The number of hydrogen-bond acceptors (Lipinski definition) is 3. The van der Waals surface area contributed by atoms with Gasteiger partial charge in [-0.15, -0.1) is 0 Å². The molecule has 0 saturated carbocycles. The number of nitrogens with zero attached hydrogens (tertiary/aromatic N) is 2. The highest BCUT2D eigenvalue weighted by atomic mass is 19.1. The number of hydrogen-bond donors (Lipinski definition) is 1. The largest absolute Gasteiger partial charge is 0.497 e. The highest BCUT2D eigenvalue weighted by Gasteiger charge is 2.09. The highest BCUT2D eigenvalue weighted by molar-refractivity contribution is 5.69.